The number of benzene rings is 1. The number of rotatable bonds is 4. The minimum absolute atomic E-state index is 0.228. The fraction of sp³-hybridized carbons (Fsp3) is 0.458. The molecule has 2 saturated heterocycles. The first-order valence-corrected chi connectivity index (χ1v) is 11.4. The second kappa shape index (κ2) is 7.28. The number of imide groups is 1. The molecule has 1 atom stereocenters. The van der Waals surface area contributed by atoms with E-state index in [1.165, 1.54) is 32.4 Å². The van der Waals surface area contributed by atoms with Crippen LogP contribution in [0.5, 0.6) is 5.75 Å². The highest BCUT2D eigenvalue weighted by Gasteiger charge is 2.46. The summed E-state index contributed by atoms with van der Waals surface area (Å²) in [6, 6.07) is 9.56. The molecule has 3 aliphatic heterocycles. The summed E-state index contributed by atoms with van der Waals surface area (Å²) in [5.74, 6) is 0.781. The first-order chi connectivity index (χ1) is 15.5. The molecule has 2 amide bonds. The van der Waals surface area contributed by atoms with E-state index in [0.717, 1.165) is 34.7 Å². The SMILES string of the molecule is Nc1nc(-c2ccc3c(c2)CN(C2CCC(=O)NC2=O)O3)ccc1CN1CC2(CCC2)C1. The molecular formula is C24H27N5O3. The van der Waals surface area contributed by atoms with Crippen molar-refractivity contribution in [2.75, 3.05) is 18.8 Å². The van der Waals surface area contributed by atoms with Crippen molar-refractivity contribution in [3.8, 4) is 17.0 Å². The Kier molecular flexibility index (Phi) is 4.48. The summed E-state index contributed by atoms with van der Waals surface area (Å²) in [5, 5.41) is 4.04. The summed E-state index contributed by atoms with van der Waals surface area (Å²) in [6.45, 7) is 3.71. The van der Waals surface area contributed by atoms with Gasteiger partial charge in [-0.1, -0.05) is 12.5 Å². The van der Waals surface area contributed by atoms with E-state index in [-0.39, 0.29) is 11.8 Å². The van der Waals surface area contributed by atoms with Gasteiger partial charge in [0.15, 0.2) is 5.75 Å². The molecule has 2 aromatic rings. The molecule has 0 bridgehead atoms. The molecule has 1 aromatic heterocycles. The number of hydrogen-bond acceptors (Lipinski definition) is 7. The number of nitrogens with two attached hydrogens (primary N) is 1. The van der Waals surface area contributed by atoms with Gasteiger partial charge in [0.05, 0.1) is 12.2 Å². The molecule has 4 heterocycles. The Hall–Kier alpha value is -2.97. The van der Waals surface area contributed by atoms with Gasteiger partial charge in [-0.2, -0.15) is 0 Å². The number of nitrogen functional groups attached to an aromatic ring is 1. The van der Waals surface area contributed by atoms with Crippen molar-refractivity contribution in [2.45, 2.75) is 51.2 Å². The summed E-state index contributed by atoms with van der Waals surface area (Å²) in [4.78, 5) is 36.6. The monoisotopic (exact) mass is 433 g/mol. The van der Waals surface area contributed by atoms with Gasteiger partial charge < -0.3 is 10.6 Å². The van der Waals surface area contributed by atoms with E-state index in [0.29, 0.717) is 30.6 Å². The van der Waals surface area contributed by atoms with Crippen LogP contribution in [0, 0.1) is 5.41 Å². The average Bonchev–Trinajstić information content (AvgIpc) is 3.12. The number of fused-ring (bicyclic) bond motifs is 1. The lowest BCUT2D eigenvalue weighted by molar-refractivity contribution is -0.151. The normalized spacial score (nSPS) is 24.4. The van der Waals surface area contributed by atoms with Crippen molar-refractivity contribution in [3.05, 3.63) is 41.5 Å². The fourth-order valence-corrected chi connectivity index (χ4v) is 5.45. The van der Waals surface area contributed by atoms with E-state index < -0.39 is 6.04 Å². The molecule has 8 nitrogen and oxygen atoms in total. The van der Waals surface area contributed by atoms with Crippen LogP contribution in [0.4, 0.5) is 5.82 Å². The third-order valence-electron chi connectivity index (χ3n) is 7.39. The quantitative estimate of drug-likeness (QED) is 0.713. The number of carbonyl (C=O) groups excluding carboxylic acids is 2. The van der Waals surface area contributed by atoms with Gasteiger partial charge in [0, 0.05) is 42.7 Å². The number of anilines is 1. The number of pyridine rings is 1. The number of aromatic nitrogens is 1. The predicted octanol–water partition coefficient (Wildman–Crippen LogP) is 2.23. The van der Waals surface area contributed by atoms with Crippen molar-refractivity contribution in [1.82, 2.24) is 20.3 Å². The van der Waals surface area contributed by atoms with E-state index in [2.05, 4.69) is 21.3 Å². The van der Waals surface area contributed by atoms with Crippen molar-refractivity contribution < 1.29 is 14.4 Å². The minimum atomic E-state index is -0.461. The summed E-state index contributed by atoms with van der Waals surface area (Å²) < 4.78 is 0. The van der Waals surface area contributed by atoms with Crippen molar-refractivity contribution in [3.63, 3.8) is 0 Å². The summed E-state index contributed by atoms with van der Waals surface area (Å²) in [5.41, 5.74) is 10.8. The van der Waals surface area contributed by atoms with Crippen LogP contribution in [0.25, 0.3) is 11.3 Å². The number of hydrogen-bond donors (Lipinski definition) is 2. The van der Waals surface area contributed by atoms with E-state index in [1.54, 1.807) is 5.06 Å². The highest BCUT2D eigenvalue weighted by Crippen LogP contribution is 2.48. The second-order valence-electron chi connectivity index (χ2n) is 9.70. The van der Waals surface area contributed by atoms with Crippen LogP contribution < -0.4 is 15.9 Å². The fourth-order valence-electron chi connectivity index (χ4n) is 5.45. The van der Waals surface area contributed by atoms with Gasteiger partial charge >= 0.3 is 0 Å². The van der Waals surface area contributed by atoms with Gasteiger partial charge in [0.25, 0.3) is 0 Å². The molecule has 1 unspecified atom stereocenters. The van der Waals surface area contributed by atoms with Crippen molar-refractivity contribution >= 4 is 17.6 Å². The molecule has 6 rings (SSSR count). The Morgan fingerprint density at radius 1 is 1.19 bits per heavy atom. The molecule has 0 radical (unpaired) electrons. The van der Waals surface area contributed by atoms with Gasteiger partial charge in [-0.05, 0) is 48.9 Å². The first kappa shape index (κ1) is 19.7. The number of amides is 2. The van der Waals surface area contributed by atoms with Crippen LogP contribution >= 0.6 is 0 Å². The van der Waals surface area contributed by atoms with E-state index in [4.69, 9.17) is 10.6 Å². The molecule has 166 valence electrons. The zero-order valence-corrected chi connectivity index (χ0v) is 18.0. The maximum atomic E-state index is 12.2. The number of nitrogens with one attached hydrogen (secondary N) is 1. The smallest absolute Gasteiger partial charge is 0.247 e. The topological polar surface area (TPSA) is 101 Å². The number of carbonyl (C=O) groups is 2. The Morgan fingerprint density at radius 3 is 2.75 bits per heavy atom. The summed E-state index contributed by atoms with van der Waals surface area (Å²) in [6.07, 6.45) is 4.91. The zero-order valence-electron chi connectivity index (χ0n) is 18.0. The molecule has 1 aromatic carbocycles. The lowest BCUT2D eigenvalue weighted by Crippen LogP contribution is -2.58. The van der Waals surface area contributed by atoms with Crippen LogP contribution in [0.3, 0.4) is 0 Å². The highest BCUT2D eigenvalue weighted by atomic mass is 16.7. The Balaban J connectivity index is 1.14. The van der Waals surface area contributed by atoms with Crippen LogP contribution in [0.1, 0.15) is 43.2 Å². The number of nitrogens with zero attached hydrogens (tertiary/aromatic N) is 3. The van der Waals surface area contributed by atoms with Crippen molar-refractivity contribution in [2.24, 2.45) is 5.41 Å². The van der Waals surface area contributed by atoms with E-state index >= 15 is 0 Å². The van der Waals surface area contributed by atoms with Gasteiger partial charge in [0.2, 0.25) is 11.8 Å². The summed E-state index contributed by atoms with van der Waals surface area (Å²) in [7, 11) is 0. The first-order valence-electron chi connectivity index (χ1n) is 11.4. The molecular weight excluding hydrogens is 406 g/mol. The van der Waals surface area contributed by atoms with Crippen LogP contribution in [0.2, 0.25) is 0 Å². The van der Waals surface area contributed by atoms with Gasteiger partial charge in [0.1, 0.15) is 11.9 Å². The maximum absolute atomic E-state index is 12.2. The molecule has 1 aliphatic carbocycles. The third kappa shape index (κ3) is 3.34. The predicted molar refractivity (Wildman–Crippen MR) is 118 cm³/mol. The number of piperidine rings is 1. The third-order valence-corrected chi connectivity index (χ3v) is 7.39. The average molecular weight is 434 g/mol. The molecule has 32 heavy (non-hydrogen) atoms. The molecule has 3 N–H and O–H groups in total. The Labute approximate surface area is 186 Å². The van der Waals surface area contributed by atoms with Gasteiger partial charge in [-0.15, -0.1) is 5.06 Å². The standard InChI is InChI=1S/C24H27N5O3/c25-22-16(11-28-13-24(14-28)8-1-9-24)2-4-18(26-22)15-3-6-20-17(10-15)12-29(32-20)19-5-7-21(30)27-23(19)31/h2-4,6,10,19H,1,5,7-9,11-14H2,(H2,25,26)(H,27,30,31). The minimum Gasteiger partial charge on any atom is -0.405 e. The Bertz CT molecular complexity index is 1100. The second-order valence-corrected chi connectivity index (χ2v) is 9.70. The van der Waals surface area contributed by atoms with Crippen LogP contribution in [0.15, 0.2) is 30.3 Å². The summed E-state index contributed by atoms with van der Waals surface area (Å²) >= 11 is 0. The molecule has 1 spiro atoms. The largest absolute Gasteiger partial charge is 0.405 e. The molecule has 1 saturated carbocycles. The molecule has 4 aliphatic rings. The lowest BCUT2D eigenvalue weighted by atomic mass is 9.63. The lowest BCUT2D eigenvalue weighted by Gasteiger charge is -2.56. The number of likely N-dealkylation sites (tertiary alicyclic amines) is 1. The van der Waals surface area contributed by atoms with Crippen LogP contribution in [-0.4, -0.2) is 45.9 Å². The maximum Gasteiger partial charge on any atom is 0.247 e. The van der Waals surface area contributed by atoms with Crippen molar-refractivity contribution in [1.29, 1.82) is 0 Å². The number of hydroxylamine groups is 2. The van der Waals surface area contributed by atoms with Gasteiger partial charge in [-0.3, -0.25) is 19.8 Å². The van der Waals surface area contributed by atoms with Crippen LogP contribution in [-0.2, 0) is 22.7 Å². The zero-order chi connectivity index (χ0) is 21.9. The Morgan fingerprint density at radius 2 is 2.03 bits per heavy atom. The van der Waals surface area contributed by atoms with E-state index in [1.807, 2.05) is 24.3 Å². The van der Waals surface area contributed by atoms with E-state index in [9.17, 15) is 9.59 Å². The molecule has 3 fully saturated rings. The highest BCUT2D eigenvalue weighted by molar-refractivity contribution is 6.00. The molecule has 8 heteroatoms. The van der Waals surface area contributed by atoms with Gasteiger partial charge in [-0.25, -0.2) is 4.98 Å².